The largest absolute Gasteiger partial charge is 0.338 e. The van der Waals surface area contributed by atoms with E-state index in [4.69, 9.17) is 0 Å². The summed E-state index contributed by atoms with van der Waals surface area (Å²) >= 11 is 0. The zero-order valence-electron chi connectivity index (χ0n) is 12.6. The van der Waals surface area contributed by atoms with E-state index >= 15 is 0 Å². The van der Waals surface area contributed by atoms with Crippen molar-refractivity contribution in [1.29, 1.82) is 0 Å². The van der Waals surface area contributed by atoms with E-state index in [0.29, 0.717) is 5.82 Å². The number of benzene rings is 1. The second-order valence-electron chi connectivity index (χ2n) is 5.84. The summed E-state index contributed by atoms with van der Waals surface area (Å²) in [5.41, 5.74) is 1.48. The fourth-order valence-electron chi connectivity index (χ4n) is 2.94. The number of rotatable bonds is 5. The van der Waals surface area contributed by atoms with E-state index in [9.17, 15) is 4.79 Å². The molecule has 0 bridgehead atoms. The molecule has 3 rings (SSSR count). The molecule has 0 unspecified atom stereocenters. The van der Waals surface area contributed by atoms with E-state index in [-0.39, 0.29) is 11.3 Å². The van der Waals surface area contributed by atoms with Crippen molar-refractivity contribution >= 4 is 5.91 Å². The summed E-state index contributed by atoms with van der Waals surface area (Å²) < 4.78 is 1.89. The van der Waals surface area contributed by atoms with Gasteiger partial charge in [-0.05, 0) is 25.3 Å². The average Bonchev–Trinajstić information content (AvgIpc) is 3.14. The SMILES string of the molecule is CCn1ccnc1C(=O)N(C)CC1(c2ccccc2)CC1. The van der Waals surface area contributed by atoms with Gasteiger partial charge >= 0.3 is 0 Å². The molecule has 1 saturated carbocycles. The molecule has 0 N–H and O–H groups in total. The van der Waals surface area contributed by atoms with Gasteiger partial charge in [-0.2, -0.15) is 0 Å². The lowest BCUT2D eigenvalue weighted by molar-refractivity contribution is 0.0764. The molecular weight excluding hydrogens is 262 g/mol. The smallest absolute Gasteiger partial charge is 0.289 e. The molecular formula is C17H21N3O. The van der Waals surface area contributed by atoms with Gasteiger partial charge in [-0.25, -0.2) is 4.98 Å². The highest BCUT2D eigenvalue weighted by molar-refractivity contribution is 5.90. The van der Waals surface area contributed by atoms with Crippen molar-refractivity contribution < 1.29 is 4.79 Å². The Labute approximate surface area is 125 Å². The second kappa shape index (κ2) is 5.35. The molecule has 4 nitrogen and oxygen atoms in total. The van der Waals surface area contributed by atoms with Crippen LogP contribution in [0.2, 0.25) is 0 Å². The van der Waals surface area contributed by atoms with Crippen LogP contribution in [0.25, 0.3) is 0 Å². The number of hydrogen-bond acceptors (Lipinski definition) is 2. The van der Waals surface area contributed by atoms with E-state index in [2.05, 4.69) is 29.2 Å². The van der Waals surface area contributed by atoms with Gasteiger partial charge in [-0.1, -0.05) is 30.3 Å². The third-order valence-electron chi connectivity index (χ3n) is 4.37. The van der Waals surface area contributed by atoms with E-state index < -0.39 is 0 Å². The van der Waals surface area contributed by atoms with Crippen molar-refractivity contribution in [2.75, 3.05) is 13.6 Å². The van der Waals surface area contributed by atoms with Crippen LogP contribution in [0.15, 0.2) is 42.7 Å². The van der Waals surface area contributed by atoms with Gasteiger partial charge in [0, 0.05) is 37.9 Å². The van der Waals surface area contributed by atoms with Gasteiger partial charge in [0.1, 0.15) is 0 Å². The third-order valence-corrected chi connectivity index (χ3v) is 4.37. The van der Waals surface area contributed by atoms with Gasteiger partial charge in [0.2, 0.25) is 0 Å². The maximum atomic E-state index is 12.6. The molecule has 1 amide bonds. The Hall–Kier alpha value is -2.10. The quantitative estimate of drug-likeness (QED) is 0.846. The van der Waals surface area contributed by atoms with Crippen molar-refractivity contribution in [3.05, 3.63) is 54.1 Å². The normalized spacial score (nSPS) is 15.7. The van der Waals surface area contributed by atoms with Crippen LogP contribution < -0.4 is 0 Å². The van der Waals surface area contributed by atoms with Crippen LogP contribution in [-0.4, -0.2) is 34.0 Å². The zero-order valence-corrected chi connectivity index (χ0v) is 12.6. The zero-order chi connectivity index (χ0) is 14.9. The first-order valence-corrected chi connectivity index (χ1v) is 7.48. The number of carbonyl (C=O) groups excluding carboxylic acids is 1. The molecule has 0 saturated heterocycles. The molecule has 1 aliphatic rings. The lowest BCUT2D eigenvalue weighted by atomic mass is 9.95. The first kappa shape index (κ1) is 13.9. The van der Waals surface area contributed by atoms with Crippen LogP contribution in [0.1, 0.15) is 35.9 Å². The van der Waals surface area contributed by atoms with Crippen molar-refractivity contribution in [3.8, 4) is 0 Å². The Morgan fingerprint density at radius 2 is 2.05 bits per heavy atom. The highest BCUT2D eigenvalue weighted by atomic mass is 16.2. The van der Waals surface area contributed by atoms with Gasteiger partial charge in [0.05, 0.1) is 0 Å². The van der Waals surface area contributed by atoms with Gasteiger partial charge in [-0.15, -0.1) is 0 Å². The fourth-order valence-corrected chi connectivity index (χ4v) is 2.94. The van der Waals surface area contributed by atoms with Crippen LogP contribution in [0.4, 0.5) is 0 Å². The Bertz CT molecular complexity index is 628. The van der Waals surface area contributed by atoms with E-state index in [0.717, 1.165) is 25.9 Å². The Kier molecular flexibility index (Phi) is 3.53. The van der Waals surface area contributed by atoms with Crippen LogP contribution in [0, 0.1) is 0 Å². The molecule has 0 radical (unpaired) electrons. The number of nitrogens with zero attached hydrogens (tertiary/aromatic N) is 3. The summed E-state index contributed by atoms with van der Waals surface area (Å²) in [4.78, 5) is 18.6. The number of amides is 1. The van der Waals surface area contributed by atoms with Crippen LogP contribution in [0.5, 0.6) is 0 Å². The molecule has 110 valence electrons. The van der Waals surface area contributed by atoms with E-state index in [1.54, 1.807) is 6.20 Å². The molecule has 0 aliphatic heterocycles. The van der Waals surface area contributed by atoms with Gasteiger partial charge in [0.15, 0.2) is 5.82 Å². The standard InChI is InChI=1S/C17H21N3O/c1-3-20-12-11-18-15(20)16(21)19(2)13-17(9-10-17)14-7-5-4-6-8-14/h4-8,11-12H,3,9-10,13H2,1-2H3. The Morgan fingerprint density at radius 3 is 2.67 bits per heavy atom. The summed E-state index contributed by atoms with van der Waals surface area (Å²) in [7, 11) is 1.88. The summed E-state index contributed by atoms with van der Waals surface area (Å²) in [5, 5.41) is 0. The molecule has 0 spiro atoms. The maximum absolute atomic E-state index is 12.6. The predicted molar refractivity (Wildman–Crippen MR) is 82.2 cm³/mol. The van der Waals surface area contributed by atoms with Gasteiger partial charge < -0.3 is 9.47 Å². The first-order chi connectivity index (χ1) is 10.2. The number of hydrogen-bond donors (Lipinski definition) is 0. The van der Waals surface area contributed by atoms with E-state index in [1.165, 1.54) is 5.56 Å². The molecule has 1 heterocycles. The molecule has 4 heteroatoms. The lowest BCUT2D eigenvalue weighted by Crippen LogP contribution is -2.35. The minimum absolute atomic E-state index is 0.00376. The Morgan fingerprint density at radius 1 is 1.33 bits per heavy atom. The number of aromatic nitrogens is 2. The molecule has 1 aromatic carbocycles. The third kappa shape index (κ3) is 2.58. The number of aryl methyl sites for hydroxylation is 1. The molecule has 2 aromatic rings. The predicted octanol–water partition coefficient (Wildman–Crippen LogP) is 2.71. The number of imidazole rings is 1. The van der Waals surface area contributed by atoms with Crippen LogP contribution >= 0.6 is 0 Å². The summed E-state index contributed by atoms with van der Waals surface area (Å²) in [6, 6.07) is 10.5. The van der Waals surface area contributed by atoms with Gasteiger partial charge in [-0.3, -0.25) is 4.79 Å². The van der Waals surface area contributed by atoms with Crippen molar-refractivity contribution in [3.63, 3.8) is 0 Å². The number of carbonyl (C=O) groups is 1. The summed E-state index contributed by atoms with van der Waals surface area (Å²) in [6.07, 6.45) is 5.84. The lowest BCUT2D eigenvalue weighted by Gasteiger charge is -2.24. The molecule has 21 heavy (non-hydrogen) atoms. The highest BCUT2D eigenvalue weighted by Gasteiger charge is 2.45. The molecule has 1 fully saturated rings. The van der Waals surface area contributed by atoms with Crippen LogP contribution in [0.3, 0.4) is 0 Å². The summed E-state index contributed by atoms with van der Waals surface area (Å²) in [5.74, 6) is 0.535. The van der Waals surface area contributed by atoms with E-state index in [1.807, 2.05) is 35.7 Å². The molecule has 1 aliphatic carbocycles. The van der Waals surface area contributed by atoms with Gasteiger partial charge in [0.25, 0.3) is 5.91 Å². The maximum Gasteiger partial charge on any atom is 0.289 e. The topological polar surface area (TPSA) is 38.1 Å². The highest BCUT2D eigenvalue weighted by Crippen LogP contribution is 2.48. The van der Waals surface area contributed by atoms with Crippen molar-refractivity contribution in [2.24, 2.45) is 0 Å². The minimum atomic E-state index is 0.00376. The van der Waals surface area contributed by atoms with Crippen molar-refractivity contribution in [1.82, 2.24) is 14.5 Å². The Balaban J connectivity index is 1.75. The fraction of sp³-hybridized carbons (Fsp3) is 0.412. The van der Waals surface area contributed by atoms with Crippen LogP contribution in [-0.2, 0) is 12.0 Å². The van der Waals surface area contributed by atoms with Crippen molar-refractivity contribution in [2.45, 2.75) is 31.7 Å². The monoisotopic (exact) mass is 283 g/mol. The molecule has 1 aromatic heterocycles. The summed E-state index contributed by atoms with van der Waals surface area (Å²) in [6.45, 7) is 3.54. The molecule has 0 atom stereocenters. The average molecular weight is 283 g/mol. The number of likely N-dealkylation sites (N-methyl/N-ethyl adjacent to an activating group) is 1. The first-order valence-electron chi connectivity index (χ1n) is 7.48. The second-order valence-corrected chi connectivity index (χ2v) is 5.84. The minimum Gasteiger partial charge on any atom is -0.338 e.